The maximum absolute atomic E-state index is 10.8. The van der Waals surface area contributed by atoms with E-state index in [9.17, 15) is 5.11 Å². The second-order valence-electron chi connectivity index (χ2n) is 5.80. The van der Waals surface area contributed by atoms with Crippen molar-refractivity contribution >= 4 is 11.0 Å². The van der Waals surface area contributed by atoms with Crippen LogP contribution in [0.15, 0.2) is 28.7 Å². The van der Waals surface area contributed by atoms with Gasteiger partial charge in [0.05, 0.1) is 5.54 Å². The summed E-state index contributed by atoms with van der Waals surface area (Å²) >= 11 is 0. The van der Waals surface area contributed by atoms with Gasteiger partial charge in [-0.25, -0.2) is 0 Å². The normalized spacial score (nSPS) is 14.2. The first-order chi connectivity index (χ1) is 9.44. The number of hydrogen-bond donors (Lipinski definition) is 1. The minimum atomic E-state index is -0.625. The third-order valence-electron chi connectivity index (χ3n) is 4.58. The molecule has 0 spiro atoms. The van der Waals surface area contributed by atoms with Gasteiger partial charge in [0.1, 0.15) is 17.4 Å². The van der Waals surface area contributed by atoms with Gasteiger partial charge in [-0.3, -0.25) is 0 Å². The summed E-state index contributed by atoms with van der Waals surface area (Å²) in [6.45, 7) is 6.28. The van der Waals surface area contributed by atoms with Gasteiger partial charge in [-0.2, -0.15) is 0 Å². The summed E-state index contributed by atoms with van der Waals surface area (Å²) in [6.07, 6.45) is 1.11. The monoisotopic (exact) mass is 275 g/mol. The fourth-order valence-electron chi connectivity index (χ4n) is 3.10. The van der Waals surface area contributed by atoms with Gasteiger partial charge >= 0.3 is 0 Å². The Bertz CT molecular complexity index is 582. The standard InChI is InChI=1S/C17H25NO2/c1-6-17(7-2,18(4)5)16(19)15-11-13-10-12(3)8-9-14(13)20-15/h8-11,16,19H,6-7H2,1-5H3. The number of likely N-dealkylation sites (N-methyl/N-ethyl adjacent to an activating group) is 1. The molecular formula is C17H25NO2. The lowest BCUT2D eigenvalue weighted by Gasteiger charge is -2.41. The zero-order valence-electron chi connectivity index (χ0n) is 13.1. The van der Waals surface area contributed by atoms with Gasteiger partial charge in [-0.1, -0.05) is 25.5 Å². The molecule has 3 heteroatoms. The van der Waals surface area contributed by atoms with Gasteiger partial charge in [0.2, 0.25) is 0 Å². The average Bonchev–Trinajstić information content (AvgIpc) is 2.83. The second-order valence-corrected chi connectivity index (χ2v) is 5.80. The maximum Gasteiger partial charge on any atom is 0.135 e. The summed E-state index contributed by atoms with van der Waals surface area (Å²) in [5.74, 6) is 0.656. The Kier molecular flexibility index (Phi) is 4.21. The van der Waals surface area contributed by atoms with Crippen LogP contribution in [0.2, 0.25) is 0 Å². The fourth-order valence-corrected chi connectivity index (χ4v) is 3.10. The molecule has 0 fully saturated rings. The van der Waals surface area contributed by atoms with Gasteiger partial charge in [-0.05, 0) is 52.1 Å². The van der Waals surface area contributed by atoms with E-state index >= 15 is 0 Å². The molecule has 1 unspecified atom stereocenters. The summed E-state index contributed by atoms with van der Waals surface area (Å²) in [5.41, 5.74) is 1.75. The van der Waals surface area contributed by atoms with Crippen molar-refractivity contribution in [3.63, 3.8) is 0 Å². The molecule has 110 valence electrons. The Balaban J connectivity index is 2.46. The Morgan fingerprint density at radius 3 is 2.40 bits per heavy atom. The molecule has 0 saturated carbocycles. The summed E-state index contributed by atoms with van der Waals surface area (Å²) in [6, 6.07) is 8.05. The highest BCUT2D eigenvalue weighted by molar-refractivity contribution is 5.78. The predicted molar refractivity (Wildman–Crippen MR) is 82.9 cm³/mol. The van der Waals surface area contributed by atoms with Gasteiger partial charge in [0.15, 0.2) is 0 Å². The molecule has 1 heterocycles. The molecule has 2 aromatic rings. The Morgan fingerprint density at radius 1 is 1.20 bits per heavy atom. The first kappa shape index (κ1) is 15.1. The molecule has 1 aromatic carbocycles. The molecule has 0 saturated heterocycles. The third kappa shape index (κ3) is 2.36. The van der Waals surface area contributed by atoms with Crippen LogP contribution in [0, 0.1) is 6.92 Å². The van der Waals surface area contributed by atoms with Crippen molar-refractivity contribution in [1.29, 1.82) is 0 Å². The van der Waals surface area contributed by atoms with Crippen molar-refractivity contribution in [1.82, 2.24) is 4.90 Å². The van der Waals surface area contributed by atoms with Crippen LogP contribution in [0.3, 0.4) is 0 Å². The van der Waals surface area contributed by atoms with Crippen molar-refractivity contribution in [3.8, 4) is 0 Å². The predicted octanol–water partition coefficient (Wildman–Crippen LogP) is 3.90. The van der Waals surface area contributed by atoms with Gasteiger partial charge in [0, 0.05) is 5.39 Å². The summed E-state index contributed by atoms with van der Waals surface area (Å²) < 4.78 is 5.87. The number of rotatable bonds is 5. The van der Waals surface area contributed by atoms with E-state index in [1.807, 2.05) is 32.3 Å². The third-order valence-corrected chi connectivity index (χ3v) is 4.58. The molecule has 0 radical (unpaired) electrons. The van der Waals surface area contributed by atoms with E-state index in [0.29, 0.717) is 5.76 Å². The van der Waals surface area contributed by atoms with Crippen molar-refractivity contribution in [2.45, 2.75) is 45.3 Å². The number of aryl methyl sites for hydroxylation is 1. The number of hydrogen-bond acceptors (Lipinski definition) is 3. The van der Waals surface area contributed by atoms with Crippen LogP contribution in [0.4, 0.5) is 0 Å². The molecule has 3 nitrogen and oxygen atoms in total. The van der Waals surface area contributed by atoms with Crippen LogP contribution < -0.4 is 0 Å². The number of aliphatic hydroxyl groups is 1. The van der Waals surface area contributed by atoms with E-state index in [1.54, 1.807) is 0 Å². The molecule has 0 aliphatic heterocycles. The van der Waals surface area contributed by atoms with Gasteiger partial charge < -0.3 is 14.4 Å². The molecule has 0 aliphatic rings. The lowest BCUT2D eigenvalue weighted by atomic mass is 9.84. The van der Waals surface area contributed by atoms with Crippen molar-refractivity contribution in [3.05, 3.63) is 35.6 Å². The largest absolute Gasteiger partial charge is 0.458 e. The molecule has 0 aliphatic carbocycles. The lowest BCUT2D eigenvalue weighted by molar-refractivity contribution is -0.0259. The van der Waals surface area contributed by atoms with Crippen molar-refractivity contribution in [2.75, 3.05) is 14.1 Å². The molecular weight excluding hydrogens is 250 g/mol. The molecule has 1 aromatic heterocycles. The fraction of sp³-hybridized carbons (Fsp3) is 0.529. The molecule has 0 bridgehead atoms. The van der Waals surface area contributed by atoms with Crippen molar-refractivity contribution < 1.29 is 9.52 Å². The van der Waals surface area contributed by atoms with Crippen LogP contribution in [-0.4, -0.2) is 29.6 Å². The molecule has 20 heavy (non-hydrogen) atoms. The Labute approximate surface area is 121 Å². The Hall–Kier alpha value is -1.32. The average molecular weight is 275 g/mol. The number of aliphatic hydroxyl groups excluding tert-OH is 1. The minimum absolute atomic E-state index is 0.289. The number of benzene rings is 1. The molecule has 1 N–H and O–H groups in total. The zero-order valence-corrected chi connectivity index (χ0v) is 13.1. The highest BCUT2D eigenvalue weighted by Crippen LogP contribution is 2.38. The lowest BCUT2D eigenvalue weighted by Crippen LogP contribution is -2.48. The highest BCUT2D eigenvalue weighted by atomic mass is 16.4. The highest BCUT2D eigenvalue weighted by Gasteiger charge is 2.39. The van der Waals surface area contributed by atoms with Crippen LogP contribution in [0.5, 0.6) is 0 Å². The molecule has 1 atom stereocenters. The SMILES string of the molecule is CCC(CC)(C(O)c1cc2cc(C)ccc2o1)N(C)C. The topological polar surface area (TPSA) is 36.6 Å². The maximum atomic E-state index is 10.8. The molecule has 0 amide bonds. The van der Waals surface area contributed by atoms with Crippen LogP contribution in [0.1, 0.15) is 44.1 Å². The van der Waals surface area contributed by atoms with E-state index < -0.39 is 6.10 Å². The van der Waals surface area contributed by atoms with Crippen LogP contribution >= 0.6 is 0 Å². The smallest absolute Gasteiger partial charge is 0.135 e. The summed E-state index contributed by atoms with van der Waals surface area (Å²) in [5, 5.41) is 11.9. The second kappa shape index (κ2) is 5.58. The van der Waals surface area contributed by atoms with Crippen LogP contribution in [-0.2, 0) is 0 Å². The van der Waals surface area contributed by atoms with Gasteiger partial charge in [0.25, 0.3) is 0 Å². The van der Waals surface area contributed by atoms with E-state index in [-0.39, 0.29) is 5.54 Å². The van der Waals surface area contributed by atoms with Crippen molar-refractivity contribution in [2.24, 2.45) is 0 Å². The van der Waals surface area contributed by atoms with E-state index in [2.05, 4.69) is 31.7 Å². The first-order valence-electron chi connectivity index (χ1n) is 7.30. The molecule has 2 rings (SSSR count). The zero-order chi connectivity index (χ0) is 14.9. The minimum Gasteiger partial charge on any atom is -0.458 e. The first-order valence-corrected chi connectivity index (χ1v) is 7.30. The Morgan fingerprint density at radius 2 is 1.85 bits per heavy atom. The van der Waals surface area contributed by atoms with E-state index in [4.69, 9.17) is 4.42 Å². The van der Waals surface area contributed by atoms with E-state index in [0.717, 1.165) is 23.8 Å². The van der Waals surface area contributed by atoms with Gasteiger partial charge in [-0.15, -0.1) is 0 Å². The quantitative estimate of drug-likeness (QED) is 0.899. The number of furan rings is 1. The summed E-state index contributed by atoms with van der Waals surface area (Å²) in [7, 11) is 4.03. The number of fused-ring (bicyclic) bond motifs is 1. The number of nitrogens with zero attached hydrogens (tertiary/aromatic N) is 1. The van der Waals surface area contributed by atoms with Crippen LogP contribution in [0.25, 0.3) is 11.0 Å². The van der Waals surface area contributed by atoms with E-state index in [1.165, 1.54) is 5.56 Å². The summed E-state index contributed by atoms with van der Waals surface area (Å²) in [4.78, 5) is 2.11.